The lowest BCUT2D eigenvalue weighted by atomic mass is 9.92. The molecule has 2 fully saturated rings. The quantitative estimate of drug-likeness (QED) is 0.488. The van der Waals surface area contributed by atoms with E-state index in [4.69, 9.17) is 4.74 Å². The average molecular weight is 471 g/mol. The van der Waals surface area contributed by atoms with E-state index in [0.29, 0.717) is 22.9 Å². The van der Waals surface area contributed by atoms with E-state index < -0.39 is 6.09 Å². The molecule has 1 N–H and O–H groups in total. The van der Waals surface area contributed by atoms with Crippen molar-refractivity contribution in [2.75, 3.05) is 18.4 Å². The molecular formula is C28H30N4O3. The molecule has 1 saturated heterocycles. The fourth-order valence-electron chi connectivity index (χ4n) is 5.04. The summed E-state index contributed by atoms with van der Waals surface area (Å²) in [5.41, 5.74) is 4.63. The van der Waals surface area contributed by atoms with Gasteiger partial charge < -0.3 is 14.2 Å². The van der Waals surface area contributed by atoms with Crippen LogP contribution in [0.4, 0.5) is 10.5 Å². The van der Waals surface area contributed by atoms with E-state index in [2.05, 4.69) is 16.0 Å². The van der Waals surface area contributed by atoms with Gasteiger partial charge in [-0.1, -0.05) is 18.2 Å². The molecule has 1 aromatic heterocycles. The third-order valence-corrected chi connectivity index (χ3v) is 6.94. The van der Waals surface area contributed by atoms with Crippen LogP contribution in [0, 0.1) is 11.3 Å². The Bertz CT molecular complexity index is 1310. The number of rotatable bonds is 5. The molecule has 7 nitrogen and oxygen atoms in total. The van der Waals surface area contributed by atoms with Crippen molar-refractivity contribution in [2.24, 2.45) is 0 Å². The Kier molecular flexibility index (Phi) is 6.21. The van der Waals surface area contributed by atoms with Crippen molar-refractivity contribution < 1.29 is 14.3 Å². The molecule has 2 heterocycles. The van der Waals surface area contributed by atoms with Gasteiger partial charge in [0.15, 0.2) is 0 Å². The molecule has 35 heavy (non-hydrogen) atoms. The summed E-state index contributed by atoms with van der Waals surface area (Å²) < 4.78 is 7.41. The maximum absolute atomic E-state index is 13.1. The first-order chi connectivity index (χ1) is 17.0. The molecule has 0 atom stereocenters. The van der Waals surface area contributed by atoms with Gasteiger partial charge in [0.2, 0.25) is 0 Å². The molecule has 2 aromatic carbocycles. The van der Waals surface area contributed by atoms with E-state index in [0.717, 1.165) is 67.4 Å². The van der Waals surface area contributed by atoms with Crippen LogP contribution in [0.3, 0.4) is 0 Å². The summed E-state index contributed by atoms with van der Waals surface area (Å²) in [6.45, 7) is 5.21. The van der Waals surface area contributed by atoms with Crippen LogP contribution < -0.4 is 5.32 Å². The number of amides is 2. The number of anilines is 1. The molecule has 180 valence electrons. The Hall–Kier alpha value is -3.79. The molecule has 2 aliphatic rings. The van der Waals surface area contributed by atoms with E-state index in [-0.39, 0.29) is 12.0 Å². The normalized spacial score (nSPS) is 15.8. The summed E-state index contributed by atoms with van der Waals surface area (Å²) in [7, 11) is 0. The number of likely N-dealkylation sites (tertiary alicyclic amines) is 1. The van der Waals surface area contributed by atoms with Gasteiger partial charge in [0.1, 0.15) is 6.07 Å². The molecule has 0 spiro atoms. The van der Waals surface area contributed by atoms with Crippen molar-refractivity contribution in [1.29, 1.82) is 5.26 Å². The fourth-order valence-corrected chi connectivity index (χ4v) is 5.04. The summed E-state index contributed by atoms with van der Waals surface area (Å²) in [5, 5.41) is 13.8. The van der Waals surface area contributed by atoms with E-state index in [1.54, 1.807) is 13.8 Å². The first kappa shape index (κ1) is 23.0. The van der Waals surface area contributed by atoms with Gasteiger partial charge >= 0.3 is 6.09 Å². The molecule has 1 saturated carbocycles. The zero-order valence-corrected chi connectivity index (χ0v) is 20.2. The van der Waals surface area contributed by atoms with Crippen molar-refractivity contribution in [3.05, 3.63) is 53.6 Å². The van der Waals surface area contributed by atoms with Crippen LogP contribution in [0.1, 0.15) is 67.9 Å². The van der Waals surface area contributed by atoms with Crippen LogP contribution in [0.25, 0.3) is 22.2 Å². The minimum absolute atomic E-state index is 0.0644. The highest BCUT2D eigenvalue weighted by Crippen LogP contribution is 2.43. The molecule has 1 aliphatic carbocycles. The van der Waals surface area contributed by atoms with Gasteiger partial charge in [-0.05, 0) is 75.8 Å². The van der Waals surface area contributed by atoms with Crippen molar-refractivity contribution in [3.63, 3.8) is 0 Å². The first-order valence-corrected chi connectivity index (χ1v) is 12.4. The molecule has 2 amide bonds. The van der Waals surface area contributed by atoms with Gasteiger partial charge in [0.25, 0.3) is 5.91 Å². The predicted molar refractivity (Wildman–Crippen MR) is 135 cm³/mol. The molecule has 0 unspecified atom stereocenters. The fraction of sp³-hybridized carbons (Fsp3) is 0.393. The standard InChI is InChI=1S/C28H30N4O3/c1-18(2)35-28(34)30-21-11-8-19(9-12-21)26-24(17-29)23-13-10-20(27(33)31-14-3-4-15-31)16-25(23)32(26)22-6-5-7-22/h8-13,16,18,22H,3-7,14-15H2,1-2H3,(H,30,34). The van der Waals surface area contributed by atoms with E-state index in [1.807, 2.05) is 47.4 Å². The minimum atomic E-state index is -0.496. The second-order valence-electron chi connectivity index (χ2n) is 9.68. The predicted octanol–water partition coefficient (Wildman–Crippen LogP) is 6.10. The van der Waals surface area contributed by atoms with Crippen molar-refractivity contribution in [3.8, 4) is 17.3 Å². The topological polar surface area (TPSA) is 87.4 Å². The number of carbonyl (C=O) groups is 2. The molecule has 3 aromatic rings. The number of nitriles is 1. The lowest BCUT2D eigenvalue weighted by Gasteiger charge is -2.30. The summed E-state index contributed by atoms with van der Waals surface area (Å²) >= 11 is 0. The van der Waals surface area contributed by atoms with E-state index in [9.17, 15) is 14.9 Å². The van der Waals surface area contributed by atoms with Crippen LogP contribution in [0.5, 0.6) is 0 Å². The third-order valence-electron chi connectivity index (χ3n) is 6.94. The zero-order valence-electron chi connectivity index (χ0n) is 20.2. The van der Waals surface area contributed by atoms with Crippen LogP contribution in [0.2, 0.25) is 0 Å². The number of hydrogen-bond acceptors (Lipinski definition) is 4. The lowest BCUT2D eigenvalue weighted by Crippen LogP contribution is -2.27. The molecule has 1 aliphatic heterocycles. The van der Waals surface area contributed by atoms with Gasteiger partial charge in [-0.25, -0.2) is 4.79 Å². The zero-order chi connectivity index (χ0) is 24.5. The molecule has 0 radical (unpaired) electrons. The van der Waals surface area contributed by atoms with Crippen LogP contribution in [-0.4, -0.2) is 40.7 Å². The van der Waals surface area contributed by atoms with Gasteiger partial charge in [0, 0.05) is 35.8 Å². The average Bonchev–Trinajstić information content (AvgIpc) is 3.44. The number of benzene rings is 2. The summed E-state index contributed by atoms with van der Waals surface area (Å²) in [5.74, 6) is 0.0644. The van der Waals surface area contributed by atoms with Crippen LogP contribution in [0.15, 0.2) is 42.5 Å². The number of nitrogens with one attached hydrogen (secondary N) is 1. The van der Waals surface area contributed by atoms with Gasteiger partial charge in [-0.2, -0.15) is 5.26 Å². The molecule has 0 bridgehead atoms. The number of hydrogen-bond donors (Lipinski definition) is 1. The Morgan fingerprint density at radius 1 is 1.06 bits per heavy atom. The highest BCUT2D eigenvalue weighted by Gasteiger charge is 2.29. The van der Waals surface area contributed by atoms with Crippen LogP contribution in [-0.2, 0) is 4.74 Å². The van der Waals surface area contributed by atoms with Crippen molar-refractivity contribution in [1.82, 2.24) is 9.47 Å². The Morgan fingerprint density at radius 2 is 1.77 bits per heavy atom. The first-order valence-electron chi connectivity index (χ1n) is 12.4. The molecular weight excluding hydrogens is 440 g/mol. The summed E-state index contributed by atoms with van der Waals surface area (Å²) in [4.78, 5) is 27.0. The number of carbonyl (C=O) groups excluding carboxylic acids is 2. The number of aromatic nitrogens is 1. The Labute approximate surface area is 205 Å². The van der Waals surface area contributed by atoms with Crippen LogP contribution >= 0.6 is 0 Å². The second kappa shape index (κ2) is 9.46. The largest absolute Gasteiger partial charge is 0.447 e. The lowest BCUT2D eigenvalue weighted by molar-refractivity contribution is 0.0793. The van der Waals surface area contributed by atoms with Gasteiger partial charge in [0.05, 0.1) is 22.9 Å². The second-order valence-corrected chi connectivity index (χ2v) is 9.68. The number of fused-ring (bicyclic) bond motifs is 1. The number of nitrogens with zero attached hydrogens (tertiary/aromatic N) is 3. The summed E-state index contributed by atoms with van der Waals surface area (Å²) in [6.07, 6.45) is 4.65. The van der Waals surface area contributed by atoms with E-state index >= 15 is 0 Å². The van der Waals surface area contributed by atoms with Crippen molar-refractivity contribution in [2.45, 2.75) is 58.1 Å². The SMILES string of the molecule is CC(C)OC(=O)Nc1ccc(-c2c(C#N)c3ccc(C(=O)N4CCCC4)cc3n2C2CCC2)cc1. The maximum atomic E-state index is 13.1. The smallest absolute Gasteiger partial charge is 0.411 e. The van der Waals surface area contributed by atoms with Gasteiger partial charge in [-0.3, -0.25) is 10.1 Å². The number of ether oxygens (including phenoxy) is 1. The Balaban J connectivity index is 1.56. The van der Waals surface area contributed by atoms with E-state index in [1.165, 1.54) is 0 Å². The van der Waals surface area contributed by atoms with Gasteiger partial charge in [-0.15, -0.1) is 0 Å². The molecule has 7 heteroatoms. The third kappa shape index (κ3) is 4.37. The monoisotopic (exact) mass is 470 g/mol. The highest BCUT2D eigenvalue weighted by atomic mass is 16.6. The molecule has 5 rings (SSSR count). The summed E-state index contributed by atoms with van der Waals surface area (Å²) in [6, 6.07) is 16.0. The minimum Gasteiger partial charge on any atom is -0.447 e. The highest BCUT2D eigenvalue weighted by molar-refractivity contribution is 6.02. The van der Waals surface area contributed by atoms with Crippen molar-refractivity contribution >= 4 is 28.6 Å². The maximum Gasteiger partial charge on any atom is 0.411 e. The Morgan fingerprint density at radius 3 is 2.37 bits per heavy atom.